The molecule has 0 bridgehead atoms. The molecule has 0 amide bonds. The Morgan fingerprint density at radius 3 is 1.77 bits per heavy atom. The van der Waals surface area contributed by atoms with Crippen molar-refractivity contribution in [3.05, 3.63) is 48.5 Å². The SMILES string of the molecule is CCC(C)(C)C(=O)Oc1c2ccccc2c(S(=O)(=O)O)c2ccccc12. The third-order valence-corrected chi connectivity index (χ3v) is 5.68. The molecule has 0 aromatic heterocycles. The molecule has 0 heterocycles. The molecule has 0 aliphatic carbocycles. The average molecular weight is 372 g/mol. The minimum atomic E-state index is -4.47. The lowest BCUT2D eigenvalue weighted by atomic mass is 9.90. The van der Waals surface area contributed by atoms with E-state index in [1.54, 1.807) is 62.4 Å². The molecule has 0 atom stereocenters. The second-order valence-electron chi connectivity index (χ2n) is 6.85. The normalized spacial score (nSPS) is 12.5. The summed E-state index contributed by atoms with van der Waals surface area (Å²) in [5, 5.41) is 1.54. The van der Waals surface area contributed by atoms with E-state index in [1.165, 1.54) is 0 Å². The maximum Gasteiger partial charge on any atom is 0.316 e. The van der Waals surface area contributed by atoms with Crippen molar-refractivity contribution in [3.8, 4) is 5.75 Å². The van der Waals surface area contributed by atoms with Gasteiger partial charge in [0.1, 0.15) is 10.6 Å². The van der Waals surface area contributed by atoms with Gasteiger partial charge in [0.2, 0.25) is 0 Å². The van der Waals surface area contributed by atoms with E-state index >= 15 is 0 Å². The number of rotatable bonds is 4. The third-order valence-electron chi connectivity index (χ3n) is 4.72. The Bertz CT molecular complexity index is 1060. The highest BCUT2D eigenvalue weighted by Gasteiger charge is 2.30. The summed E-state index contributed by atoms with van der Waals surface area (Å²) in [4.78, 5) is 12.5. The molecule has 136 valence electrons. The van der Waals surface area contributed by atoms with E-state index in [-0.39, 0.29) is 4.90 Å². The largest absolute Gasteiger partial charge is 0.425 e. The summed E-state index contributed by atoms with van der Waals surface area (Å²) in [6.07, 6.45) is 0.602. The van der Waals surface area contributed by atoms with Gasteiger partial charge in [0, 0.05) is 21.5 Å². The minimum Gasteiger partial charge on any atom is -0.425 e. The molecule has 3 aromatic rings. The molecule has 3 aromatic carbocycles. The summed E-state index contributed by atoms with van der Waals surface area (Å²) >= 11 is 0. The van der Waals surface area contributed by atoms with E-state index in [9.17, 15) is 17.8 Å². The van der Waals surface area contributed by atoms with Crippen molar-refractivity contribution < 1.29 is 22.5 Å². The van der Waals surface area contributed by atoms with E-state index in [4.69, 9.17) is 4.74 Å². The highest BCUT2D eigenvalue weighted by atomic mass is 32.2. The Morgan fingerprint density at radius 2 is 1.38 bits per heavy atom. The van der Waals surface area contributed by atoms with Crippen LogP contribution in [0.5, 0.6) is 5.75 Å². The van der Waals surface area contributed by atoms with Crippen LogP contribution < -0.4 is 4.74 Å². The average Bonchev–Trinajstić information content (AvgIpc) is 2.60. The van der Waals surface area contributed by atoms with Crippen molar-refractivity contribution in [1.29, 1.82) is 0 Å². The van der Waals surface area contributed by atoms with Crippen LogP contribution in [0.3, 0.4) is 0 Å². The molecule has 3 rings (SSSR count). The summed E-state index contributed by atoms with van der Waals surface area (Å²) in [5.74, 6) is -0.0926. The molecule has 0 aliphatic heterocycles. The van der Waals surface area contributed by atoms with Crippen LogP contribution in [0.15, 0.2) is 53.4 Å². The predicted octanol–water partition coefficient (Wildman–Crippen LogP) is 4.58. The smallest absolute Gasteiger partial charge is 0.316 e. The van der Waals surface area contributed by atoms with Crippen LogP contribution in [0.25, 0.3) is 21.5 Å². The van der Waals surface area contributed by atoms with Gasteiger partial charge in [0.15, 0.2) is 0 Å². The first-order valence-electron chi connectivity index (χ1n) is 8.30. The van der Waals surface area contributed by atoms with Crippen LogP contribution in [0.4, 0.5) is 0 Å². The molecule has 6 heteroatoms. The molecule has 0 spiro atoms. The summed E-state index contributed by atoms with van der Waals surface area (Å²) in [6.45, 7) is 5.50. The summed E-state index contributed by atoms with van der Waals surface area (Å²) in [6, 6.07) is 13.3. The Hall–Kier alpha value is -2.44. The lowest BCUT2D eigenvalue weighted by molar-refractivity contribution is -0.143. The molecular weight excluding hydrogens is 352 g/mol. The standard InChI is InChI=1S/C20H20O5S/c1-4-20(2,3)19(21)25-17-13-9-5-7-11-15(13)18(26(22,23)24)16-12-8-6-10-14(16)17/h5-12H,4H2,1-3H3,(H,22,23,24). The second-order valence-corrected chi connectivity index (χ2v) is 8.21. The summed E-state index contributed by atoms with van der Waals surface area (Å²) < 4.78 is 39.6. The number of ether oxygens (including phenoxy) is 1. The van der Waals surface area contributed by atoms with Gasteiger partial charge in [-0.25, -0.2) is 0 Å². The Morgan fingerprint density at radius 1 is 0.962 bits per heavy atom. The van der Waals surface area contributed by atoms with Gasteiger partial charge in [0.25, 0.3) is 10.1 Å². The number of hydrogen-bond acceptors (Lipinski definition) is 4. The fourth-order valence-corrected chi connectivity index (χ4v) is 3.72. The van der Waals surface area contributed by atoms with Gasteiger partial charge in [0.05, 0.1) is 5.41 Å². The lowest BCUT2D eigenvalue weighted by Gasteiger charge is -2.22. The zero-order chi connectivity index (χ0) is 19.1. The van der Waals surface area contributed by atoms with Crippen molar-refractivity contribution in [2.45, 2.75) is 32.1 Å². The number of esters is 1. The van der Waals surface area contributed by atoms with Crippen molar-refractivity contribution in [1.82, 2.24) is 0 Å². The Labute approximate surface area is 152 Å². The minimum absolute atomic E-state index is 0.182. The van der Waals surface area contributed by atoms with Crippen LogP contribution in [-0.2, 0) is 14.9 Å². The van der Waals surface area contributed by atoms with E-state index in [2.05, 4.69) is 0 Å². The quantitative estimate of drug-likeness (QED) is 0.314. The van der Waals surface area contributed by atoms with Crippen molar-refractivity contribution in [2.75, 3.05) is 0 Å². The molecule has 0 saturated carbocycles. The van der Waals surface area contributed by atoms with Crippen LogP contribution in [0.1, 0.15) is 27.2 Å². The monoisotopic (exact) mass is 372 g/mol. The highest BCUT2D eigenvalue weighted by molar-refractivity contribution is 7.86. The molecule has 5 nitrogen and oxygen atoms in total. The molecule has 0 fully saturated rings. The predicted molar refractivity (Wildman–Crippen MR) is 101 cm³/mol. The fraction of sp³-hybridized carbons (Fsp3) is 0.250. The number of carbonyl (C=O) groups excluding carboxylic acids is 1. The van der Waals surface area contributed by atoms with Crippen LogP contribution >= 0.6 is 0 Å². The highest BCUT2D eigenvalue weighted by Crippen LogP contribution is 2.41. The van der Waals surface area contributed by atoms with E-state index < -0.39 is 21.5 Å². The first-order valence-corrected chi connectivity index (χ1v) is 9.74. The maximum absolute atomic E-state index is 12.6. The molecular formula is C20H20O5S. The maximum atomic E-state index is 12.6. The van der Waals surface area contributed by atoms with E-state index in [1.807, 2.05) is 6.92 Å². The number of carbonyl (C=O) groups is 1. The van der Waals surface area contributed by atoms with Crippen molar-refractivity contribution >= 4 is 37.6 Å². The van der Waals surface area contributed by atoms with Gasteiger partial charge >= 0.3 is 5.97 Å². The van der Waals surface area contributed by atoms with Crippen molar-refractivity contribution in [3.63, 3.8) is 0 Å². The number of hydrogen-bond donors (Lipinski definition) is 1. The van der Waals surface area contributed by atoms with Gasteiger partial charge in [-0.2, -0.15) is 8.42 Å². The molecule has 0 unspecified atom stereocenters. The van der Waals surface area contributed by atoms with Crippen LogP contribution in [-0.4, -0.2) is 18.9 Å². The zero-order valence-electron chi connectivity index (χ0n) is 14.8. The van der Waals surface area contributed by atoms with Gasteiger partial charge in [-0.05, 0) is 20.3 Å². The molecule has 26 heavy (non-hydrogen) atoms. The zero-order valence-corrected chi connectivity index (χ0v) is 15.6. The number of benzene rings is 3. The van der Waals surface area contributed by atoms with Gasteiger partial charge < -0.3 is 4.74 Å². The first-order chi connectivity index (χ1) is 12.2. The Kier molecular flexibility index (Phi) is 4.50. The Balaban J connectivity index is 2.42. The van der Waals surface area contributed by atoms with Crippen LogP contribution in [0.2, 0.25) is 0 Å². The second kappa shape index (κ2) is 6.37. The first kappa shape index (κ1) is 18.4. The molecule has 0 radical (unpaired) electrons. The topological polar surface area (TPSA) is 80.7 Å². The molecule has 0 saturated heterocycles. The van der Waals surface area contributed by atoms with Gasteiger partial charge in [-0.1, -0.05) is 55.5 Å². The lowest BCUT2D eigenvalue weighted by Crippen LogP contribution is -2.28. The molecule has 0 aliphatic rings. The number of fused-ring (bicyclic) bond motifs is 2. The van der Waals surface area contributed by atoms with Crippen molar-refractivity contribution in [2.24, 2.45) is 5.41 Å². The third kappa shape index (κ3) is 3.06. The van der Waals surface area contributed by atoms with Crippen LogP contribution in [0, 0.1) is 5.41 Å². The van der Waals surface area contributed by atoms with E-state index in [0.717, 1.165) is 0 Å². The van der Waals surface area contributed by atoms with Gasteiger partial charge in [-0.15, -0.1) is 0 Å². The molecule has 1 N–H and O–H groups in total. The fourth-order valence-electron chi connectivity index (χ4n) is 2.81. The van der Waals surface area contributed by atoms with E-state index in [0.29, 0.717) is 33.7 Å². The van der Waals surface area contributed by atoms with Gasteiger partial charge in [-0.3, -0.25) is 9.35 Å². The summed E-state index contributed by atoms with van der Waals surface area (Å²) in [7, 11) is -4.47. The summed E-state index contributed by atoms with van der Waals surface area (Å²) in [5.41, 5.74) is -0.677.